The summed E-state index contributed by atoms with van der Waals surface area (Å²) in [7, 11) is 0. The summed E-state index contributed by atoms with van der Waals surface area (Å²) in [5, 5.41) is 0.325. The highest BCUT2D eigenvalue weighted by molar-refractivity contribution is 7.16. The largest absolute Gasteiger partial charge is 0.128 e. The van der Waals surface area contributed by atoms with Gasteiger partial charge in [0, 0.05) is 10.3 Å². The van der Waals surface area contributed by atoms with E-state index in [-0.39, 0.29) is 0 Å². The predicted molar refractivity (Wildman–Crippen MR) is 62.2 cm³/mol. The molecule has 0 aliphatic carbocycles. The molecule has 74 valence electrons. The van der Waals surface area contributed by atoms with Crippen LogP contribution in [0.25, 0.3) is 0 Å². The molecule has 0 spiro atoms. The highest BCUT2D eigenvalue weighted by Gasteiger charge is 2.04. The third-order valence-electron chi connectivity index (χ3n) is 1.93. The molecule has 0 aliphatic rings. The molecule has 1 aromatic rings. The monoisotopic (exact) mass is 236 g/mol. The van der Waals surface area contributed by atoms with E-state index >= 15 is 0 Å². The molecular formula is C10H14Cl2S. The van der Waals surface area contributed by atoms with E-state index in [4.69, 9.17) is 23.2 Å². The van der Waals surface area contributed by atoms with Gasteiger partial charge in [-0.05, 0) is 31.4 Å². The zero-order valence-electron chi connectivity index (χ0n) is 7.72. The minimum atomic E-state index is 0.325. The summed E-state index contributed by atoms with van der Waals surface area (Å²) in [6.45, 7) is 2.16. The Labute approximate surface area is 93.9 Å². The van der Waals surface area contributed by atoms with Gasteiger partial charge in [-0.3, -0.25) is 0 Å². The van der Waals surface area contributed by atoms with Crippen molar-refractivity contribution in [3.8, 4) is 0 Å². The van der Waals surface area contributed by atoms with E-state index in [0.717, 1.165) is 23.6 Å². The van der Waals surface area contributed by atoms with E-state index in [0.29, 0.717) is 5.38 Å². The first-order valence-corrected chi connectivity index (χ1v) is 6.23. The summed E-state index contributed by atoms with van der Waals surface area (Å²) in [4.78, 5) is 1.34. The van der Waals surface area contributed by atoms with Gasteiger partial charge in [-0.25, -0.2) is 0 Å². The molecule has 0 nitrogen and oxygen atoms in total. The maximum absolute atomic E-state index is 6.11. The molecule has 1 atom stereocenters. The molecule has 13 heavy (non-hydrogen) atoms. The second-order valence-electron chi connectivity index (χ2n) is 3.13. The highest BCUT2D eigenvalue weighted by Crippen LogP contribution is 2.24. The maximum Gasteiger partial charge on any atom is 0.0931 e. The Hall–Kier alpha value is 0.280. The third kappa shape index (κ3) is 4.35. The molecule has 0 N–H and O–H groups in total. The van der Waals surface area contributed by atoms with Crippen LogP contribution in [0.3, 0.4) is 0 Å². The fraction of sp³-hybridized carbons (Fsp3) is 0.600. The van der Waals surface area contributed by atoms with Crippen LogP contribution in [0, 0.1) is 0 Å². The van der Waals surface area contributed by atoms with Crippen LogP contribution in [0.15, 0.2) is 12.1 Å². The molecule has 0 fully saturated rings. The van der Waals surface area contributed by atoms with Crippen molar-refractivity contribution in [3.05, 3.63) is 21.3 Å². The second-order valence-corrected chi connectivity index (χ2v) is 5.55. The zero-order chi connectivity index (χ0) is 9.68. The molecule has 0 saturated heterocycles. The molecule has 1 aromatic heterocycles. The SMILES string of the molecule is CCCC(Cl)CCc1ccc(Cl)s1. The molecule has 1 heterocycles. The van der Waals surface area contributed by atoms with E-state index in [1.807, 2.05) is 6.07 Å². The van der Waals surface area contributed by atoms with Crippen molar-refractivity contribution in [1.82, 2.24) is 0 Å². The van der Waals surface area contributed by atoms with E-state index in [2.05, 4.69) is 13.0 Å². The van der Waals surface area contributed by atoms with Crippen LogP contribution in [0.2, 0.25) is 4.34 Å². The number of rotatable bonds is 5. The van der Waals surface area contributed by atoms with Gasteiger partial charge < -0.3 is 0 Å². The quantitative estimate of drug-likeness (QED) is 0.649. The Morgan fingerprint density at radius 3 is 2.69 bits per heavy atom. The predicted octanol–water partition coefficient (Wildman–Crippen LogP) is 4.74. The molecule has 1 unspecified atom stereocenters. The molecule has 0 amide bonds. The van der Waals surface area contributed by atoms with Gasteiger partial charge in [0.15, 0.2) is 0 Å². The van der Waals surface area contributed by atoms with Crippen molar-refractivity contribution in [1.29, 1.82) is 0 Å². The summed E-state index contributed by atoms with van der Waals surface area (Å²) < 4.78 is 0.872. The van der Waals surface area contributed by atoms with Gasteiger partial charge in [0.1, 0.15) is 0 Å². The lowest BCUT2D eigenvalue weighted by Crippen LogP contribution is -1.98. The Morgan fingerprint density at radius 2 is 2.15 bits per heavy atom. The summed E-state index contributed by atoms with van der Waals surface area (Å²) >= 11 is 13.6. The van der Waals surface area contributed by atoms with Crippen molar-refractivity contribution in [2.45, 2.75) is 38.0 Å². The Kier molecular flexibility index (Phi) is 5.15. The summed E-state index contributed by atoms with van der Waals surface area (Å²) in [5.74, 6) is 0. The van der Waals surface area contributed by atoms with Crippen molar-refractivity contribution < 1.29 is 0 Å². The lowest BCUT2D eigenvalue weighted by Gasteiger charge is -2.05. The zero-order valence-corrected chi connectivity index (χ0v) is 10.1. The smallest absolute Gasteiger partial charge is 0.0931 e. The second kappa shape index (κ2) is 5.90. The lowest BCUT2D eigenvalue weighted by molar-refractivity contribution is 0.679. The summed E-state index contributed by atoms with van der Waals surface area (Å²) in [6.07, 6.45) is 4.40. The number of hydrogen-bond acceptors (Lipinski definition) is 1. The van der Waals surface area contributed by atoms with Crippen LogP contribution in [0.4, 0.5) is 0 Å². The van der Waals surface area contributed by atoms with E-state index in [1.54, 1.807) is 11.3 Å². The van der Waals surface area contributed by atoms with Gasteiger partial charge in [-0.2, -0.15) is 0 Å². The normalized spacial score (nSPS) is 13.2. The summed E-state index contributed by atoms with van der Waals surface area (Å²) in [5.41, 5.74) is 0. The lowest BCUT2D eigenvalue weighted by atomic mass is 10.1. The molecule has 0 aromatic carbocycles. The molecular weight excluding hydrogens is 223 g/mol. The number of aryl methyl sites for hydroxylation is 1. The van der Waals surface area contributed by atoms with Gasteiger partial charge in [0.2, 0.25) is 0 Å². The molecule has 0 aliphatic heterocycles. The van der Waals surface area contributed by atoms with Crippen LogP contribution in [-0.4, -0.2) is 5.38 Å². The van der Waals surface area contributed by atoms with E-state index in [9.17, 15) is 0 Å². The maximum atomic E-state index is 6.11. The standard InChI is InChI=1S/C10H14Cl2S/c1-2-3-8(11)4-5-9-6-7-10(12)13-9/h6-8H,2-5H2,1H3. The average Bonchev–Trinajstić information content (AvgIpc) is 2.49. The summed E-state index contributed by atoms with van der Waals surface area (Å²) in [6, 6.07) is 4.03. The molecule has 0 bridgehead atoms. The van der Waals surface area contributed by atoms with Crippen LogP contribution in [0.5, 0.6) is 0 Å². The minimum Gasteiger partial charge on any atom is -0.128 e. The third-order valence-corrected chi connectivity index (χ3v) is 3.66. The fourth-order valence-corrected chi connectivity index (χ4v) is 2.67. The molecule has 3 heteroatoms. The first-order chi connectivity index (χ1) is 6.22. The average molecular weight is 237 g/mol. The van der Waals surface area contributed by atoms with Gasteiger partial charge in [0.25, 0.3) is 0 Å². The van der Waals surface area contributed by atoms with Crippen LogP contribution < -0.4 is 0 Å². The van der Waals surface area contributed by atoms with E-state index < -0.39 is 0 Å². The van der Waals surface area contributed by atoms with Crippen LogP contribution in [-0.2, 0) is 6.42 Å². The van der Waals surface area contributed by atoms with Crippen molar-refractivity contribution in [2.75, 3.05) is 0 Å². The minimum absolute atomic E-state index is 0.325. The topological polar surface area (TPSA) is 0 Å². The van der Waals surface area contributed by atoms with Crippen molar-refractivity contribution >= 4 is 34.5 Å². The first-order valence-electron chi connectivity index (χ1n) is 4.60. The number of alkyl halides is 1. The Morgan fingerprint density at radius 1 is 1.38 bits per heavy atom. The van der Waals surface area contributed by atoms with Crippen LogP contribution in [0.1, 0.15) is 31.1 Å². The first kappa shape index (κ1) is 11.4. The Balaban J connectivity index is 2.26. The van der Waals surface area contributed by atoms with Crippen molar-refractivity contribution in [2.24, 2.45) is 0 Å². The van der Waals surface area contributed by atoms with Gasteiger partial charge in [-0.15, -0.1) is 22.9 Å². The molecule has 0 saturated carbocycles. The highest BCUT2D eigenvalue weighted by atomic mass is 35.5. The number of hydrogen-bond donors (Lipinski definition) is 0. The Bertz CT molecular complexity index is 245. The van der Waals surface area contributed by atoms with Gasteiger partial charge in [-0.1, -0.05) is 24.9 Å². The van der Waals surface area contributed by atoms with Gasteiger partial charge in [0.05, 0.1) is 4.34 Å². The van der Waals surface area contributed by atoms with E-state index in [1.165, 1.54) is 11.3 Å². The van der Waals surface area contributed by atoms with Gasteiger partial charge >= 0.3 is 0 Å². The number of thiophene rings is 1. The molecule has 1 rings (SSSR count). The van der Waals surface area contributed by atoms with Crippen molar-refractivity contribution in [3.63, 3.8) is 0 Å². The molecule has 0 radical (unpaired) electrons. The fourth-order valence-electron chi connectivity index (χ4n) is 1.24. The van der Waals surface area contributed by atoms with Crippen LogP contribution >= 0.6 is 34.5 Å². The number of halogens is 2.